The highest BCUT2D eigenvalue weighted by Crippen LogP contribution is 2.15. The van der Waals surface area contributed by atoms with Gasteiger partial charge in [0.2, 0.25) is 5.91 Å². The number of rotatable bonds is 5. The lowest BCUT2D eigenvalue weighted by molar-refractivity contribution is -0.120. The van der Waals surface area contributed by atoms with Gasteiger partial charge in [0.25, 0.3) is 0 Å². The van der Waals surface area contributed by atoms with Crippen molar-refractivity contribution < 1.29 is 9.53 Å². The van der Waals surface area contributed by atoms with Gasteiger partial charge in [-0.3, -0.25) is 4.79 Å². The maximum absolute atomic E-state index is 10.9. The monoisotopic (exact) mass is 218 g/mol. The molecular weight excluding hydrogens is 204 g/mol. The van der Waals surface area contributed by atoms with Crippen LogP contribution in [0.4, 0.5) is 0 Å². The fraction of sp³-hybridized carbons (Fsp3) is 0.333. The van der Waals surface area contributed by atoms with Gasteiger partial charge in [-0.25, -0.2) is 0 Å². The zero-order valence-corrected chi connectivity index (χ0v) is 9.19. The first kappa shape index (κ1) is 12.1. The van der Waals surface area contributed by atoms with Crippen LogP contribution in [-0.2, 0) is 4.79 Å². The van der Waals surface area contributed by atoms with E-state index >= 15 is 0 Å². The molecule has 1 N–H and O–H groups in total. The zero-order chi connectivity index (χ0) is 11.8. The summed E-state index contributed by atoms with van der Waals surface area (Å²) in [5, 5.41) is 10.9. The van der Waals surface area contributed by atoms with Gasteiger partial charge in [-0.2, -0.15) is 5.26 Å². The average molecular weight is 218 g/mol. The Morgan fingerprint density at radius 3 is 2.94 bits per heavy atom. The molecule has 4 nitrogen and oxygen atoms in total. The maximum atomic E-state index is 10.9. The SMILES string of the molecule is Cc1ccccc1OCCNC(=O)CC#N. The van der Waals surface area contributed by atoms with Gasteiger partial charge in [0.15, 0.2) is 0 Å². The second kappa shape index (κ2) is 6.46. The van der Waals surface area contributed by atoms with Crippen molar-refractivity contribution in [1.82, 2.24) is 5.32 Å². The molecule has 0 heterocycles. The molecule has 0 radical (unpaired) electrons. The Hall–Kier alpha value is -2.02. The van der Waals surface area contributed by atoms with Crippen LogP contribution in [0.1, 0.15) is 12.0 Å². The van der Waals surface area contributed by atoms with E-state index in [4.69, 9.17) is 10.00 Å². The summed E-state index contributed by atoms with van der Waals surface area (Å²) in [6.07, 6.45) is -0.107. The largest absolute Gasteiger partial charge is 0.491 e. The first-order valence-electron chi connectivity index (χ1n) is 5.06. The van der Waals surface area contributed by atoms with Gasteiger partial charge >= 0.3 is 0 Å². The molecule has 0 aromatic heterocycles. The number of amides is 1. The second-order valence-corrected chi connectivity index (χ2v) is 3.30. The van der Waals surface area contributed by atoms with Crippen LogP contribution in [0.2, 0.25) is 0 Å². The van der Waals surface area contributed by atoms with Crippen molar-refractivity contribution in [2.24, 2.45) is 0 Å². The van der Waals surface area contributed by atoms with Crippen LogP contribution in [-0.4, -0.2) is 19.1 Å². The smallest absolute Gasteiger partial charge is 0.234 e. The van der Waals surface area contributed by atoms with E-state index in [0.717, 1.165) is 11.3 Å². The second-order valence-electron chi connectivity index (χ2n) is 3.30. The molecule has 1 amide bonds. The van der Waals surface area contributed by atoms with Crippen LogP contribution in [0.15, 0.2) is 24.3 Å². The molecule has 0 saturated heterocycles. The normalized spacial score (nSPS) is 9.25. The summed E-state index contributed by atoms with van der Waals surface area (Å²) in [5.74, 6) is 0.549. The molecule has 1 rings (SSSR count). The number of nitrogens with zero attached hydrogens (tertiary/aromatic N) is 1. The molecule has 0 fully saturated rings. The van der Waals surface area contributed by atoms with Gasteiger partial charge in [-0.05, 0) is 18.6 Å². The molecule has 1 aromatic rings. The van der Waals surface area contributed by atoms with Crippen LogP contribution in [0, 0.1) is 18.3 Å². The van der Waals surface area contributed by atoms with Crippen LogP contribution in [0.25, 0.3) is 0 Å². The summed E-state index contributed by atoms with van der Waals surface area (Å²) in [5.41, 5.74) is 1.06. The number of aryl methyl sites for hydroxylation is 1. The standard InChI is InChI=1S/C12H14N2O2/c1-10-4-2-3-5-11(10)16-9-8-14-12(15)6-7-13/h2-5H,6,8-9H2,1H3,(H,14,15). The molecule has 4 heteroatoms. The number of carbonyl (C=O) groups is 1. The van der Waals surface area contributed by atoms with E-state index in [1.54, 1.807) is 6.07 Å². The highest BCUT2D eigenvalue weighted by Gasteiger charge is 2.00. The molecule has 84 valence electrons. The van der Waals surface area contributed by atoms with Gasteiger partial charge in [0, 0.05) is 0 Å². The quantitative estimate of drug-likeness (QED) is 0.760. The van der Waals surface area contributed by atoms with Crippen molar-refractivity contribution in [3.8, 4) is 11.8 Å². The van der Waals surface area contributed by atoms with E-state index in [9.17, 15) is 4.79 Å². The third-order valence-electron chi connectivity index (χ3n) is 2.02. The number of para-hydroxylation sites is 1. The van der Waals surface area contributed by atoms with E-state index < -0.39 is 0 Å². The number of ether oxygens (including phenoxy) is 1. The molecule has 0 bridgehead atoms. The number of nitrogens with one attached hydrogen (secondary N) is 1. The van der Waals surface area contributed by atoms with E-state index in [2.05, 4.69) is 5.32 Å². The molecule has 0 aliphatic heterocycles. The minimum atomic E-state index is -0.268. The lowest BCUT2D eigenvalue weighted by Crippen LogP contribution is -2.27. The van der Waals surface area contributed by atoms with Gasteiger partial charge < -0.3 is 10.1 Å². The predicted octanol–water partition coefficient (Wildman–Crippen LogP) is 1.40. The highest BCUT2D eigenvalue weighted by molar-refractivity contribution is 5.77. The Morgan fingerprint density at radius 1 is 1.50 bits per heavy atom. The summed E-state index contributed by atoms with van der Waals surface area (Å²) >= 11 is 0. The van der Waals surface area contributed by atoms with Crippen molar-refractivity contribution in [1.29, 1.82) is 5.26 Å². The number of carbonyl (C=O) groups excluding carboxylic acids is 1. The Labute approximate surface area is 94.8 Å². The Balaban J connectivity index is 2.24. The van der Waals surface area contributed by atoms with Crippen molar-refractivity contribution in [2.75, 3.05) is 13.2 Å². The lowest BCUT2D eigenvalue weighted by Gasteiger charge is -2.08. The average Bonchev–Trinajstić information content (AvgIpc) is 2.27. The third-order valence-corrected chi connectivity index (χ3v) is 2.02. The lowest BCUT2D eigenvalue weighted by atomic mass is 10.2. The van der Waals surface area contributed by atoms with Crippen LogP contribution >= 0.6 is 0 Å². The van der Waals surface area contributed by atoms with Gasteiger partial charge in [-0.1, -0.05) is 18.2 Å². The maximum Gasteiger partial charge on any atom is 0.234 e. The predicted molar refractivity (Wildman–Crippen MR) is 59.9 cm³/mol. The highest BCUT2D eigenvalue weighted by atomic mass is 16.5. The molecule has 0 unspecified atom stereocenters. The van der Waals surface area contributed by atoms with Crippen molar-refractivity contribution >= 4 is 5.91 Å². The summed E-state index contributed by atoms with van der Waals surface area (Å²) in [7, 11) is 0. The summed E-state index contributed by atoms with van der Waals surface area (Å²) in [4.78, 5) is 10.9. The van der Waals surface area contributed by atoms with Crippen LogP contribution in [0.5, 0.6) is 5.75 Å². The number of nitriles is 1. The Kier molecular flexibility index (Phi) is 4.87. The fourth-order valence-electron chi connectivity index (χ4n) is 1.20. The Bertz CT molecular complexity index is 396. The third kappa shape index (κ3) is 4.01. The minimum Gasteiger partial charge on any atom is -0.491 e. The van der Waals surface area contributed by atoms with E-state index in [1.807, 2.05) is 31.2 Å². The molecule has 0 aliphatic carbocycles. The van der Waals surface area contributed by atoms with Crippen molar-refractivity contribution in [3.63, 3.8) is 0 Å². The van der Waals surface area contributed by atoms with Gasteiger partial charge in [0.1, 0.15) is 18.8 Å². The molecule has 0 atom stereocenters. The van der Waals surface area contributed by atoms with E-state index in [1.165, 1.54) is 0 Å². The number of benzene rings is 1. The summed E-state index contributed by atoms with van der Waals surface area (Å²) in [6.45, 7) is 2.78. The fourth-order valence-corrected chi connectivity index (χ4v) is 1.20. The van der Waals surface area contributed by atoms with Crippen molar-refractivity contribution in [2.45, 2.75) is 13.3 Å². The van der Waals surface area contributed by atoms with Gasteiger partial charge in [-0.15, -0.1) is 0 Å². The molecule has 0 aliphatic rings. The molecule has 0 spiro atoms. The summed E-state index contributed by atoms with van der Waals surface area (Å²) < 4.78 is 5.47. The topological polar surface area (TPSA) is 62.1 Å². The minimum absolute atomic E-state index is 0.107. The molecule has 16 heavy (non-hydrogen) atoms. The van der Waals surface area contributed by atoms with E-state index in [-0.39, 0.29) is 12.3 Å². The van der Waals surface area contributed by atoms with Crippen molar-refractivity contribution in [3.05, 3.63) is 29.8 Å². The molecule has 1 aromatic carbocycles. The summed E-state index contributed by atoms with van der Waals surface area (Å²) in [6, 6.07) is 9.47. The van der Waals surface area contributed by atoms with Crippen LogP contribution in [0.3, 0.4) is 0 Å². The van der Waals surface area contributed by atoms with Gasteiger partial charge in [0.05, 0.1) is 12.6 Å². The first-order chi connectivity index (χ1) is 7.74. The first-order valence-corrected chi connectivity index (χ1v) is 5.06. The van der Waals surface area contributed by atoms with Crippen LogP contribution < -0.4 is 10.1 Å². The molecule has 0 saturated carbocycles. The number of hydrogen-bond acceptors (Lipinski definition) is 3. The zero-order valence-electron chi connectivity index (χ0n) is 9.19. The molecular formula is C12H14N2O2. The Morgan fingerprint density at radius 2 is 2.25 bits per heavy atom. The van der Waals surface area contributed by atoms with E-state index in [0.29, 0.717) is 13.2 Å². The number of hydrogen-bond donors (Lipinski definition) is 1.